The Balaban J connectivity index is 2.42. The quantitative estimate of drug-likeness (QED) is 0.487. The molecule has 6 nitrogen and oxygen atoms in total. The molecule has 19 heavy (non-hydrogen) atoms. The van der Waals surface area contributed by atoms with Crippen molar-refractivity contribution in [3.05, 3.63) is 51.4 Å². The fraction of sp³-hybridized carbons (Fsp3) is 0.167. The Morgan fingerprint density at radius 2 is 2.16 bits per heavy atom. The van der Waals surface area contributed by atoms with E-state index < -0.39 is 4.92 Å². The third-order valence-electron chi connectivity index (χ3n) is 2.46. The zero-order valence-electron chi connectivity index (χ0n) is 10.0. The zero-order chi connectivity index (χ0) is 13.8. The Bertz CT molecular complexity index is 619. The lowest BCUT2D eigenvalue weighted by molar-refractivity contribution is -0.386. The first-order chi connectivity index (χ1) is 9.11. The maximum atomic E-state index is 10.9. The van der Waals surface area contributed by atoms with E-state index in [0.29, 0.717) is 5.75 Å². The van der Waals surface area contributed by atoms with E-state index in [1.165, 1.54) is 0 Å². The molecule has 0 bridgehead atoms. The Morgan fingerprint density at radius 3 is 2.84 bits per heavy atom. The number of aryl methyl sites for hydroxylation is 1. The van der Waals surface area contributed by atoms with E-state index in [0.717, 1.165) is 18.2 Å². The van der Waals surface area contributed by atoms with Crippen molar-refractivity contribution in [2.45, 2.75) is 13.3 Å². The first-order valence-corrected chi connectivity index (χ1v) is 5.92. The molecule has 1 heterocycles. The SMILES string of the molecule is CCc1ccccc1Oc1nc(Cl)ncc1[N+](=O)[O-]. The van der Waals surface area contributed by atoms with Gasteiger partial charge in [0.25, 0.3) is 0 Å². The molecule has 0 radical (unpaired) electrons. The number of hydrogen-bond donors (Lipinski definition) is 0. The second kappa shape index (κ2) is 5.62. The van der Waals surface area contributed by atoms with Gasteiger partial charge in [-0.2, -0.15) is 4.98 Å². The van der Waals surface area contributed by atoms with Crippen molar-refractivity contribution in [1.29, 1.82) is 0 Å². The summed E-state index contributed by atoms with van der Waals surface area (Å²) in [7, 11) is 0. The number of aromatic nitrogens is 2. The van der Waals surface area contributed by atoms with E-state index >= 15 is 0 Å². The Kier molecular flexibility index (Phi) is 3.91. The van der Waals surface area contributed by atoms with E-state index in [-0.39, 0.29) is 16.9 Å². The second-order valence-electron chi connectivity index (χ2n) is 3.65. The van der Waals surface area contributed by atoms with Crippen LogP contribution in [0.1, 0.15) is 12.5 Å². The summed E-state index contributed by atoms with van der Waals surface area (Å²) in [6, 6.07) is 7.25. The molecule has 0 fully saturated rings. The van der Waals surface area contributed by atoms with Gasteiger partial charge in [-0.25, -0.2) is 4.98 Å². The zero-order valence-corrected chi connectivity index (χ0v) is 10.8. The topological polar surface area (TPSA) is 78.2 Å². The lowest BCUT2D eigenvalue weighted by Gasteiger charge is -2.08. The number of para-hydroxylation sites is 1. The van der Waals surface area contributed by atoms with Gasteiger partial charge in [0, 0.05) is 0 Å². The highest BCUT2D eigenvalue weighted by Gasteiger charge is 2.20. The van der Waals surface area contributed by atoms with Gasteiger partial charge in [-0.15, -0.1) is 0 Å². The first-order valence-electron chi connectivity index (χ1n) is 5.54. The fourth-order valence-corrected chi connectivity index (χ4v) is 1.67. The standard InChI is InChI=1S/C12H10ClN3O3/c1-2-8-5-3-4-6-10(8)19-11-9(16(17)18)7-14-12(13)15-11/h3-7H,2H2,1H3. The minimum absolute atomic E-state index is 0.102. The van der Waals surface area contributed by atoms with Gasteiger partial charge in [-0.1, -0.05) is 25.1 Å². The molecular weight excluding hydrogens is 270 g/mol. The fourth-order valence-electron chi connectivity index (χ4n) is 1.54. The van der Waals surface area contributed by atoms with Gasteiger partial charge in [0.1, 0.15) is 11.9 Å². The summed E-state index contributed by atoms with van der Waals surface area (Å²) >= 11 is 5.64. The number of nitro groups is 1. The average Bonchev–Trinajstić information content (AvgIpc) is 2.39. The van der Waals surface area contributed by atoms with Gasteiger partial charge in [-0.3, -0.25) is 10.1 Å². The lowest BCUT2D eigenvalue weighted by Crippen LogP contribution is -1.99. The third-order valence-corrected chi connectivity index (χ3v) is 2.65. The van der Waals surface area contributed by atoms with Crippen LogP contribution in [-0.4, -0.2) is 14.9 Å². The molecule has 2 aromatic rings. The van der Waals surface area contributed by atoms with Gasteiger partial charge < -0.3 is 4.74 Å². The predicted molar refractivity (Wildman–Crippen MR) is 69.6 cm³/mol. The van der Waals surface area contributed by atoms with Crippen molar-refractivity contribution < 1.29 is 9.66 Å². The van der Waals surface area contributed by atoms with Crippen LogP contribution in [0.15, 0.2) is 30.5 Å². The van der Waals surface area contributed by atoms with Gasteiger partial charge in [-0.05, 0) is 29.7 Å². The number of nitrogens with zero attached hydrogens (tertiary/aromatic N) is 3. The van der Waals surface area contributed by atoms with Crippen LogP contribution in [0.2, 0.25) is 5.28 Å². The molecule has 0 unspecified atom stereocenters. The van der Waals surface area contributed by atoms with Crippen LogP contribution in [0.4, 0.5) is 5.69 Å². The smallest absolute Gasteiger partial charge is 0.349 e. The molecule has 0 spiro atoms. The number of halogens is 1. The van der Waals surface area contributed by atoms with Crippen LogP contribution in [0, 0.1) is 10.1 Å². The van der Waals surface area contributed by atoms with Gasteiger partial charge in [0.15, 0.2) is 0 Å². The number of hydrogen-bond acceptors (Lipinski definition) is 5. The number of benzene rings is 1. The van der Waals surface area contributed by atoms with Crippen molar-refractivity contribution in [3.63, 3.8) is 0 Å². The van der Waals surface area contributed by atoms with Crippen molar-refractivity contribution in [1.82, 2.24) is 9.97 Å². The number of ether oxygens (including phenoxy) is 1. The summed E-state index contributed by atoms with van der Waals surface area (Å²) in [4.78, 5) is 17.6. The molecule has 2 rings (SSSR count). The third kappa shape index (κ3) is 2.97. The second-order valence-corrected chi connectivity index (χ2v) is 3.99. The van der Waals surface area contributed by atoms with Crippen LogP contribution < -0.4 is 4.74 Å². The Labute approximate surface area is 114 Å². The molecule has 0 N–H and O–H groups in total. The maximum Gasteiger partial charge on any atom is 0.349 e. The Hall–Kier alpha value is -2.21. The van der Waals surface area contributed by atoms with Crippen LogP contribution in [-0.2, 0) is 6.42 Å². The number of rotatable bonds is 4. The molecule has 0 saturated carbocycles. The average molecular weight is 280 g/mol. The summed E-state index contributed by atoms with van der Waals surface area (Å²) in [5.41, 5.74) is 0.599. The van der Waals surface area contributed by atoms with E-state index in [9.17, 15) is 10.1 Å². The molecule has 98 valence electrons. The van der Waals surface area contributed by atoms with E-state index in [1.807, 2.05) is 19.1 Å². The molecule has 0 saturated heterocycles. The van der Waals surface area contributed by atoms with E-state index in [2.05, 4.69) is 9.97 Å². The molecule has 0 amide bonds. The maximum absolute atomic E-state index is 10.9. The summed E-state index contributed by atoms with van der Waals surface area (Å²) < 4.78 is 5.50. The highest BCUT2D eigenvalue weighted by molar-refractivity contribution is 6.28. The normalized spacial score (nSPS) is 10.2. The molecule has 7 heteroatoms. The molecule has 0 aliphatic rings. The Morgan fingerprint density at radius 1 is 1.42 bits per heavy atom. The van der Waals surface area contributed by atoms with Crippen molar-refractivity contribution in [2.75, 3.05) is 0 Å². The van der Waals surface area contributed by atoms with Gasteiger partial charge >= 0.3 is 11.6 Å². The highest BCUT2D eigenvalue weighted by Crippen LogP contribution is 2.31. The van der Waals surface area contributed by atoms with Crippen LogP contribution >= 0.6 is 11.6 Å². The minimum atomic E-state index is -0.611. The summed E-state index contributed by atoms with van der Waals surface area (Å²) in [6.07, 6.45) is 1.77. The van der Waals surface area contributed by atoms with Crippen molar-refractivity contribution >= 4 is 17.3 Å². The molecule has 1 aromatic carbocycles. The van der Waals surface area contributed by atoms with Crippen LogP contribution in [0.3, 0.4) is 0 Å². The molecule has 0 aliphatic heterocycles. The summed E-state index contributed by atoms with van der Waals surface area (Å²) in [6.45, 7) is 1.96. The van der Waals surface area contributed by atoms with E-state index in [4.69, 9.17) is 16.3 Å². The van der Waals surface area contributed by atoms with Crippen molar-refractivity contribution in [2.24, 2.45) is 0 Å². The molecule has 0 aliphatic carbocycles. The van der Waals surface area contributed by atoms with Crippen LogP contribution in [0.5, 0.6) is 11.6 Å². The van der Waals surface area contributed by atoms with Gasteiger partial charge in [0.2, 0.25) is 5.28 Å². The largest absolute Gasteiger partial charge is 0.433 e. The van der Waals surface area contributed by atoms with Crippen LogP contribution in [0.25, 0.3) is 0 Å². The van der Waals surface area contributed by atoms with Crippen molar-refractivity contribution in [3.8, 4) is 11.6 Å². The summed E-state index contributed by atoms with van der Waals surface area (Å²) in [5.74, 6) is 0.355. The molecule has 0 atom stereocenters. The van der Waals surface area contributed by atoms with E-state index in [1.54, 1.807) is 12.1 Å². The summed E-state index contributed by atoms with van der Waals surface area (Å²) in [5, 5.41) is 10.8. The first kappa shape index (κ1) is 13.2. The molecule has 1 aromatic heterocycles. The predicted octanol–water partition coefficient (Wildman–Crippen LogP) is 3.39. The van der Waals surface area contributed by atoms with Gasteiger partial charge in [0.05, 0.1) is 4.92 Å². The monoisotopic (exact) mass is 279 g/mol. The highest BCUT2D eigenvalue weighted by atomic mass is 35.5. The minimum Gasteiger partial charge on any atom is -0.433 e. The molecular formula is C12H10ClN3O3. The lowest BCUT2D eigenvalue weighted by atomic mass is 10.1.